The van der Waals surface area contributed by atoms with Gasteiger partial charge in [0.05, 0.1) is 5.60 Å². The molecular formula is C15H22N2OS. The first-order valence-electron chi connectivity index (χ1n) is 6.48. The van der Waals surface area contributed by atoms with Crippen molar-refractivity contribution in [3.63, 3.8) is 0 Å². The number of thioether (sulfide) groups is 1. The lowest BCUT2D eigenvalue weighted by Gasteiger charge is -2.22. The highest BCUT2D eigenvalue weighted by Gasteiger charge is 2.18. The van der Waals surface area contributed by atoms with E-state index in [1.54, 1.807) is 11.8 Å². The van der Waals surface area contributed by atoms with Crippen molar-refractivity contribution in [2.24, 2.45) is 7.05 Å². The van der Waals surface area contributed by atoms with Gasteiger partial charge in [0.2, 0.25) is 0 Å². The van der Waals surface area contributed by atoms with E-state index in [0.29, 0.717) is 6.54 Å². The van der Waals surface area contributed by atoms with Gasteiger partial charge in [-0.3, -0.25) is 0 Å². The number of aromatic nitrogens is 1. The second kappa shape index (κ2) is 5.99. The van der Waals surface area contributed by atoms with Crippen molar-refractivity contribution in [2.45, 2.75) is 19.1 Å². The minimum Gasteiger partial charge on any atom is -0.388 e. The molecule has 0 amide bonds. The highest BCUT2D eigenvalue weighted by molar-refractivity contribution is 7.98. The zero-order chi connectivity index (χ0) is 13.9. The number of hydrogen-bond acceptors (Lipinski definition) is 3. The van der Waals surface area contributed by atoms with E-state index in [4.69, 9.17) is 0 Å². The van der Waals surface area contributed by atoms with Crippen LogP contribution in [0.4, 0.5) is 0 Å². The number of hydrogen-bond donors (Lipinski definition) is 2. The van der Waals surface area contributed by atoms with Gasteiger partial charge in [0.15, 0.2) is 0 Å². The van der Waals surface area contributed by atoms with E-state index in [0.717, 1.165) is 12.3 Å². The van der Waals surface area contributed by atoms with Gasteiger partial charge in [-0.25, -0.2) is 0 Å². The van der Waals surface area contributed by atoms with Crippen molar-refractivity contribution in [1.82, 2.24) is 9.88 Å². The van der Waals surface area contributed by atoms with Crippen molar-refractivity contribution >= 4 is 22.7 Å². The van der Waals surface area contributed by atoms with E-state index in [1.165, 1.54) is 16.5 Å². The lowest BCUT2D eigenvalue weighted by Crippen LogP contribution is -2.39. The maximum absolute atomic E-state index is 10.1. The minimum atomic E-state index is -0.649. The van der Waals surface area contributed by atoms with Crippen molar-refractivity contribution in [3.05, 3.63) is 36.0 Å². The number of nitrogens with zero attached hydrogens (tertiary/aromatic N) is 1. The van der Waals surface area contributed by atoms with Crippen LogP contribution < -0.4 is 5.32 Å². The molecule has 1 unspecified atom stereocenters. The molecule has 1 aromatic heterocycles. The molecule has 0 saturated heterocycles. The molecule has 1 heterocycles. The van der Waals surface area contributed by atoms with Gasteiger partial charge >= 0.3 is 0 Å². The van der Waals surface area contributed by atoms with Gasteiger partial charge in [0.25, 0.3) is 0 Å². The molecule has 1 aromatic carbocycles. The summed E-state index contributed by atoms with van der Waals surface area (Å²) in [6.45, 7) is 3.27. The summed E-state index contributed by atoms with van der Waals surface area (Å²) in [4.78, 5) is 0. The Labute approximate surface area is 119 Å². The molecule has 4 heteroatoms. The van der Waals surface area contributed by atoms with E-state index >= 15 is 0 Å². The van der Waals surface area contributed by atoms with Crippen LogP contribution in [0.15, 0.2) is 30.5 Å². The first-order valence-corrected chi connectivity index (χ1v) is 7.88. The summed E-state index contributed by atoms with van der Waals surface area (Å²) in [6, 6.07) is 8.40. The average Bonchev–Trinajstić information content (AvgIpc) is 2.67. The Hall–Kier alpha value is -0.970. The maximum atomic E-state index is 10.1. The third kappa shape index (κ3) is 3.53. The number of para-hydroxylation sites is 1. The van der Waals surface area contributed by atoms with Gasteiger partial charge in [-0.1, -0.05) is 18.2 Å². The van der Waals surface area contributed by atoms with Crippen LogP contribution in [0.25, 0.3) is 10.9 Å². The summed E-state index contributed by atoms with van der Waals surface area (Å²) in [5, 5.41) is 14.8. The van der Waals surface area contributed by atoms with Crippen LogP contribution in [-0.2, 0) is 13.6 Å². The average molecular weight is 278 g/mol. The van der Waals surface area contributed by atoms with Gasteiger partial charge in [-0.15, -0.1) is 0 Å². The predicted molar refractivity (Wildman–Crippen MR) is 83.6 cm³/mol. The van der Waals surface area contributed by atoms with Gasteiger partial charge in [-0.05, 0) is 24.8 Å². The molecule has 3 nitrogen and oxygen atoms in total. The summed E-state index contributed by atoms with van der Waals surface area (Å²) in [5.41, 5.74) is 1.87. The van der Waals surface area contributed by atoms with Crippen molar-refractivity contribution in [3.8, 4) is 0 Å². The lowest BCUT2D eigenvalue weighted by molar-refractivity contribution is 0.0846. The number of rotatable bonds is 6. The largest absolute Gasteiger partial charge is 0.388 e. The molecule has 0 saturated carbocycles. The number of nitrogens with one attached hydrogen (secondary N) is 1. The van der Waals surface area contributed by atoms with Crippen molar-refractivity contribution in [1.29, 1.82) is 0 Å². The van der Waals surface area contributed by atoms with Crippen LogP contribution in [0.5, 0.6) is 0 Å². The quantitative estimate of drug-likeness (QED) is 0.852. The van der Waals surface area contributed by atoms with Crippen LogP contribution in [0.3, 0.4) is 0 Å². The highest BCUT2D eigenvalue weighted by Crippen LogP contribution is 2.20. The van der Waals surface area contributed by atoms with E-state index in [1.807, 2.05) is 13.2 Å². The Balaban J connectivity index is 2.03. The third-order valence-electron chi connectivity index (χ3n) is 3.26. The molecule has 19 heavy (non-hydrogen) atoms. The lowest BCUT2D eigenvalue weighted by atomic mass is 10.1. The Bertz CT molecular complexity index is 548. The topological polar surface area (TPSA) is 37.2 Å². The van der Waals surface area contributed by atoms with Crippen molar-refractivity contribution in [2.75, 3.05) is 18.6 Å². The van der Waals surface area contributed by atoms with Crippen LogP contribution in [0.1, 0.15) is 12.5 Å². The monoisotopic (exact) mass is 278 g/mol. The molecule has 1 atom stereocenters. The SMILES string of the molecule is CSCC(C)(O)CNCc1cn(C)c2ccccc12. The second-order valence-electron chi connectivity index (χ2n) is 5.32. The molecular weight excluding hydrogens is 256 g/mol. The summed E-state index contributed by atoms with van der Waals surface area (Å²) >= 11 is 1.67. The molecule has 0 aliphatic heterocycles. The normalized spacial score (nSPS) is 14.7. The first kappa shape index (κ1) is 14.4. The fourth-order valence-electron chi connectivity index (χ4n) is 2.39. The molecule has 2 rings (SSSR count). The van der Waals surface area contributed by atoms with Gasteiger partial charge in [-0.2, -0.15) is 11.8 Å². The Morgan fingerprint density at radius 3 is 2.84 bits per heavy atom. The number of aryl methyl sites for hydroxylation is 1. The van der Waals surface area contributed by atoms with E-state index in [-0.39, 0.29) is 0 Å². The van der Waals surface area contributed by atoms with Crippen LogP contribution in [-0.4, -0.2) is 33.8 Å². The highest BCUT2D eigenvalue weighted by atomic mass is 32.2. The molecule has 2 N–H and O–H groups in total. The molecule has 0 radical (unpaired) electrons. The van der Waals surface area contributed by atoms with E-state index in [9.17, 15) is 5.11 Å². The minimum absolute atomic E-state index is 0.608. The predicted octanol–water partition coefficient (Wildman–Crippen LogP) is 2.38. The Morgan fingerprint density at radius 2 is 2.11 bits per heavy atom. The second-order valence-corrected chi connectivity index (χ2v) is 6.18. The zero-order valence-electron chi connectivity index (χ0n) is 11.8. The van der Waals surface area contributed by atoms with Gasteiger partial charge in [0.1, 0.15) is 0 Å². The number of fused-ring (bicyclic) bond motifs is 1. The molecule has 0 aliphatic carbocycles. The number of benzene rings is 1. The zero-order valence-corrected chi connectivity index (χ0v) is 12.6. The van der Waals surface area contributed by atoms with Gasteiger partial charge in [0, 0.05) is 43.0 Å². The summed E-state index contributed by atoms with van der Waals surface area (Å²) in [5.74, 6) is 0.746. The Kier molecular flexibility index (Phi) is 4.55. The molecule has 0 aliphatic rings. The fourth-order valence-corrected chi connectivity index (χ4v) is 3.12. The standard InChI is InChI=1S/C15H22N2OS/c1-15(18,11-19-3)10-16-8-12-9-17(2)14-7-5-4-6-13(12)14/h4-7,9,16,18H,8,10-11H2,1-3H3. The molecule has 104 valence electrons. The Morgan fingerprint density at radius 1 is 1.37 bits per heavy atom. The van der Waals surface area contributed by atoms with Crippen LogP contribution in [0, 0.1) is 0 Å². The summed E-state index contributed by atoms with van der Waals surface area (Å²) < 4.78 is 2.15. The summed E-state index contributed by atoms with van der Waals surface area (Å²) in [7, 11) is 2.07. The molecule has 2 aromatic rings. The smallest absolute Gasteiger partial charge is 0.0833 e. The van der Waals surface area contributed by atoms with Gasteiger partial charge < -0.3 is 15.0 Å². The molecule has 0 bridgehead atoms. The van der Waals surface area contributed by atoms with E-state index < -0.39 is 5.60 Å². The van der Waals surface area contributed by atoms with Crippen molar-refractivity contribution < 1.29 is 5.11 Å². The fraction of sp³-hybridized carbons (Fsp3) is 0.467. The molecule has 0 fully saturated rings. The first-order chi connectivity index (χ1) is 9.03. The maximum Gasteiger partial charge on any atom is 0.0833 e. The third-order valence-corrected chi connectivity index (χ3v) is 4.17. The summed E-state index contributed by atoms with van der Waals surface area (Å²) in [6.07, 6.45) is 4.17. The van der Waals surface area contributed by atoms with Crippen LogP contribution in [0.2, 0.25) is 0 Å². The number of aliphatic hydroxyl groups is 1. The van der Waals surface area contributed by atoms with E-state index in [2.05, 4.69) is 47.4 Å². The van der Waals surface area contributed by atoms with Crippen LogP contribution >= 0.6 is 11.8 Å². The molecule has 0 spiro atoms.